The van der Waals surface area contributed by atoms with Crippen LogP contribution in [0.3, 0.4) is 0 Å². The van der Waals surface area contributed by atoms with Gasteiger partial charge in [-0.1, -0.05) is 43.0 Å². The Kier molecular flexibility index (Phi) is 7.00. The molecule has 0 saturated carbocycles. The molecule has 2 aromatic carbocycles. The number of carbonyl (C=O) groups excluding carboxylic acids is 1. The molecular formula is C29H26N6O2. The molecule has 8 nitrogen and oxygen atoms in total. The Labute approximate surface area is 214 Å². The minimum Gasteiger partial charge on any atom is -0.508 e. The van der Waals surface area contributed by atoms with Gasteiger partial charge in [0.15, 0.2) is 0 Å². The van der Waals surface area contributed by atoms with Crippen LogP contribution >= 0.6 is 0 Å². The summed E-state index contributed by atoms with van der Waals surface area (Å²) in [5, 5.41) is 19.2. The molecule has 0 unspecified atom stereocenters. The van der Waals surface area contributed by atoms with E-state index in [2.05, 4.69) is 50.7 Å². The van der Waals surface area contributed by atoms with Crippen LogP contribution in [-0.2, 0) is 0 Å². The average molecular weight is 491 g/mol. The predicted octanol–water partition coefficient (Wildman–Crippen LogP) is 5.44. The summed E-state index contributed by atoms with van der Waals surface area (Å²) >= 11 is 0. The Morgan fingerprint density at radius 1 is 0.973 bits per heavy atom. The van der Waals surface area contributed by atoms with E-state index >= 15 is 0 Å². The number of aromatic nitrogens is 3. The Bertz CT molecular complexity index is 1480. The lowest BCUT2D eigenvalue weighted by Gasteiger charge is -2.16. The average Bonchev–Trinajstić information content (AvgIpc) is 2.94. The Morgan fingerprint density at radius 2 is 1.81 bits per heavy atom. The number of nitrogens with zero attached hydrogens (tertiary/aromatic N) is 3. The van der Waals surface area contributed by atoms with Crippen LogP contribution in [0.25, 0.3) is 22.6 Å². The largest absolute Gasteiger partial charge is 0.508 e. The first-order valence-corrected chi connectivity index (χ1v) is 11.9. The van der Waals surface area contributed by atoms with Gasteiger partial charge in [-0.3, -0.25) is 9.78 Å². The Morgan fingerprint density at radius 3 is 2.59 bits per heavy atom. The maximum atomic E-state index is 13.1. The highest BCUT2D eigenvalue weighted by Crippen LogP contribution is 2.29. The van der Waals surface area contributed by atoms with Crippen molar-refractivity contribution in [2.45, 2.75) is 6.42 Å². The van der Waals surface area contributed by atoms with Crippen molar-refractivity contribution >= 4 is 34.6 Å². The molecule has 1 aliphatic heterocycles. The fourth-order valence-electron chi connectivity index (χ4n) is 4.12. The van der Waals surface area contributed by atoms with Gasteiger partial charge in [0.1, 0.15) is 17.4 Å². The van der Waals surface area contributed by atoms with Crippen LogP contribution in [0, 0.1) is 0 Å². The summed E-state index contributed by atoms with van der Waals surface area (Å²) in [7, 11) is 0. The van der Waals surface area contributed by atoms with Crippen molar-refractivity contribution < 1.29 is 9.90 Å². The minimum absolute atomic E-state index is 0.0972. The molecule has 184 valence electrons. The lowest BCUT2D eigenvalue weighted by atomic mass is 9.97. The number of rotatable bonds is 7. The van der Waals surface area contributed by atoms with Crippen molar-refractivity contribution in [1.82, 2.24) is 20.3 Å². The number of hydrogen-bond acceptors (Lipinski definition) is 7. The molecule has 0 radical (unpaired) electrons. The summed E-state index contributed by atoms with van der Waals surface area (Å²) in [5.74, 6) is 0.629. The second-order valence-electron chi connectivity index (χ2n) is 8.59. The van der Waals surface area contributed by atoms with Crippen LogP contribution in [0.5, 0.6) is 0 Å². The highest BCUT2D eigenvalue weighted by atomic mass is 16.3. The van der Waals surface area contributed by atoms with Crippen molar-refractivity contribution in [1.29, 1.82) is 0 Å². The molecule has 1 aliphatic rings. The number of aliphatic hydroxyl groups is 1. The van der Waals surface area contributed by atoms with Crippen molar-refractivity contribution in [3.8, 4) is 11.3 Å². The minimum atomic E-state index is -0.320. The van der Waals surface area contributed by atoms with E-state index in [9.17, 15) is 9.90 Å². The van der Waals surface area contributed by atoms with Crippen LogP contribution in [-0.4, -0.2) is 39.1 Å². The van der Waals surface area contributed by atoms with Gasteiger partial charge in [0.2, 0.25) is 0 Å². The van der Waals surface area contributed by atoms with Crippen LogP contribution in [0.4, 0.5) is 17.3 Å². The van der Waals surface area contributed by atoms with Gasteiger partial charge >= 0.3 is 0 Å². The molecule has 0 saturated heterocycles. The van der Waals surface area contributed by atoms with E-state index < -0.39 is 0 Å². The lowest BCUT2D eigenvalue weighted by molar-refractivity contribution is 0.102. The van der Waals surface area contributed by atoms with E-state index in [-0.39, 0.29) is 11.7 Å². The molecule has 0 aliphatic carbocycles. The second-order valence-corrected chi connectivity index (χ2v) is 8.59. The van der Waals surface area contributed by atoms with Crippen LogP contribution in [0.1, 0.15) is 27.9 Å². The molecule has 37 heavy (non-hydrogen) atoms. The number of pyridine rings is 1. The summed E-state index contributed by atoms with van der Waals surface area (Å²) in [6.07, 6.45) is 7.96. The zero-order valence-corrected chi connectivity index (χ0v) is 20.1. The molecule has 0 fully saturated rings. The zero-order chi connectivity index (χ0) is 25.6. The standard InChI is InChI=1S/C29H26N6O2/c1-19(36)21-4-2-7-24(14-21)29(37)33-25-16-26(34-27(17-25)35-28-18-31-12-13-32-28)23-6-3-5-22(15-23)20-8-10-30-11-9-20/h2-8,12-18,30,36H,1,9-11H2,(H2,32,33,34,35,37). The summed E-state index contributed by atoms with van der Waals surface area (Å²) in [4.78, 5) is 26.2. The van der Waals surface area contributed by atoms with E-state index in [0.717, 1.165) is 30.6 Å². The number of hydrogen-bond donors (Lipinski definition) is 4. The molecule has 0 bridgehead atoms. The first-order valence-electron chi connectivity index (χ1n) is 11.9. The normalized spacial score (nSPS) is 12.9. The SMILES string of the molecule is C=C(O)c1cccc(C(=O)Nc2cc(Nc3cnccn3)nc(-c3cccc(C4=CCNCC4)c3)c2)c1. The first kappa shape index (κ1) is 23.9. The molecule has 3 heterocycles. The summed E-state index contributed by atoms with van der Waals surface area (Å²) in [5.41, 5.74) is 5.51. The third-order valence-corrected chi connectivity index (χ3v) is 5.95. The molecule has 5 rings (SSSR count). The number of nitrogens with one attached hydrogen (secondary N) is 3. The number of aliphatic hydroxyl groups excluding tert-OH is 1. The van der Waals surface area contributed by atoms with Gasteiger partial charge in [0, 0.05) is 47.4 Å². The molecule has 4 N–H and O–H groups in total. The quantitative estimate of drug-likeness (QED) is 0.255. The third-order valence-electron chi connectivity index (χ3n) is 5.95. The van der Waals surface area contributed by atoms with Crippen molar-refractivity contribution in [3.63, 3.8) is 0 Å². The first-order chi connectivity index (χ1) is 18.0. The van der Waals surface area contributed by atoms with Crippen LogP contribution in [0.15, 0.2) is 91.9 Å². The van der Waals surface area contributed by atoms with E-state index in [1.54, 1.807) is 48.9 Å². The van der Waals surface area contributed by atoms with E-state index in [1.807, 2.05) is 18.2 Å². The number of amides is 1. The van der Waals surface area contributed by atoms with Gasteiger partial charge in [-0.25, -0.2) is 9.97 Å². The smallest absolute Gasteiger partial charge is 0.255 e. The van der Waals surface area contributed by atoms with Gasteiger partial charge in [-0.2, -0.15) is 0 Å². The number of anilines is 3. The predicted molar refractivity (Wildman–Crippen MR) is 147 cm³/mol. The Balaban J connectivity index is 1.50. The third kappa shape index (κ3) is 5.88. The Hall–Kier alpha value is -4.82. The molecular weight excluding hydrogens is 464 g/mol. The fourth-order valence-corrected chi connectivity index (χ4v) is 4.12. The van der Waals surface area contributed by atoms with E-state index in [4.69, 9.17) is 4.98 Å². The van der Waals surface area contributed by atoms with Crippen LogP contribution in [0.2, 0.25) is 0 Å². The maximum absolute atomic E-state index is 13.1. The summed E-state index contributed by atoms with van der Waals surface area (Å²) in [6.45, 7) is 5.34. The van der Waals surface area contributed by atoms with Crippen molar-refractivity contribution in [2.75, 3.05) is 23.7 Å². The second kappa shape index (κ2) is 10.8. The highest BCUT2D eigenvalue weighted by Gasteiger charge is 2.13. The monoisotopic (exact) mass is 490 g/mol. The van der Waals surface area contributed by atoms with Crippen LogP contribution < -0.4 is 16.0 Å². The van der Waals surface area contributed by atoms with Gasteiger partial charge in [-0.05, 0) is 48.4 Å². The molecule has 0 atom stereocenters. The maximum Gasteiger partial charge on any atom is 0.255 e. The van der Waals surface area contributed by atoms with Crippen molar-refractivity contribution in [2.24, 2.45) is 0 Å². The van der Waals surface area contributed by atoms with Crippen molar-refractivity contribution in [3.05, 3.63) is 109 Å². The zero-order valence-electron chi connectivity index (χ0n) is 20.1. The lowest BCUT2D eigenvalue weighted by Crippen LogP contribution is -2.20. The molecule has 0 spiro atoms. The molecule has 2 aromatic heterocycles. The van der Waals surface area contributed by atoms with Gasteiger partial charge in [0.05, 0.1) is 11.9 Å². The van der Waals surface area contributed by atoms with E-state index in [1.165, 1.54) is 5.57 Å². The topological polar surface area (TPSA) is 112 Å². The molecule has 1 amide bonds. The molecule has 8 heteroatoms. The highest BCUT2D eigenvalue weighted by molar-refractivity contribution is 6.05. The summed E-state index contributed by atoms with van der Waals surface area (Å²) in [6, 6.07) is 18.5. The summed E-state index contributed by atoms with van der Waals surface area (Å²) < 4.78 is 0. The van der Waals surface area contributed by atoms with E-state index in [0.29, 0.717) is 34.1 Å². The molecule has 4 aromatic rings. The number of benzene rings is 2. The van der Waals surface area contributed by atoms with Gasteiger partial charge in [0.25, 0.3) is 5.91 Å². The van der Waals surface area contributed by atoms with Gasteiger partial charge in [-0.15, -0.1) is 0 Å². The fraction of sp³-hybridized carbons (Fsp3) is 0.103. The number of carbonyl (C=O) groups is 1. The van der Waals surface area contributed by atoms with Gasteiger partial charge < -0.3 is 21.1 Å².